The van der Waals surface area contributed by atoms with Gasteiger partial charge in [0, 0.05) is 33.0 Å². The van der Waals surface area contributed by atoms with E-state index in [1.165, 1.54) is 4.57 Å². The molecule has 4 heteroatoms. The molecule has 4 nitrogen and oxygen atoms in total. The Bertz CT molecular complexity index is 3210. The summed E-state index contributed by atoms with van der Waals surface area (Å²) in [5.74, 6) is -0.248. The molecule has 2 heterocycles. The zero-order chi connectivity index (χ0) is 43.9. The number of hydrogen-bond acceptors (Lipinski definition) is 3. The van der Waals surface area contributed by atoms with Gasteiger partial charge in [0.2, 0.25) is 0 Å². The van der Waals surface area contributed by atoms with E-state index >= 15 is 0 Å². The summed E-state index contributed by atoms with van der Waals surface area (Å²) >= 11 is 0. The average Bonchev–Trinajstić information content (AvgIpc) is 3.66. The van der Waals surface area contributed by atoms with Crippen molar-refractivity contribution in [1.29, 1.82) is 0 Å². The first-order valence-corrected chi connectivity index (χ1v) is 15.4. The molecule has 0 aliphatic rings. The van der Waals surface area contributed by atoms with Crippen LogP contribution in [0, 0.1) is 0 Å². The second kappa shape index (κ2) is 12.2. The maximum Gasteiger partial charge on any atom is 0.166 e. The monoisotopic (exact) mass is 639 g/mol. The highest BCUT2D eigenvalue weighted by Gasteiger charge is 2.22. The second-order valence-electron chi connectivity index (χ2n) is 11.1. The van der Waals surface area contributed by atoms with Crippen LogP contribution in [-0.2, 0) is 0 Å². The van der Waals surface area contributed by atoms with Gasteiger partial charge in [-0.15, -0.1) is 0 Å². The predicted molar refractivity (Wildman–Crippen MR) is 201 cm³/mol. The molecule has 0 saturated heterocycles. The van der Waals surface area contributed by atoms with Crippen molar-refractivity contribution in [3.8, 4) is 62.1 Å². The molecule has 0 aliphatic heterocycles. The Morgan fingerprint density at radius 1 is 0.367 bits per heavy atom. The summed E-state index contributed by atoms with van der Waals surface area (Å²) < 4.78 is 116. The average molecular weight is 640 g/mol. The smallest absolute Gasteiger partial charge is 0.166 e. The minimum absolute atomic E-state index is 0.0740. The summed E-state index contributed by atoms with van der Waals surface area (Å²) in [6.45, 7) is 0. The van der Waals surface area contributed by atoms with E-state index in [0.29, 0.717) is 16.7 Å². The molecule has 0 saturated carbocycles. The molecule has 0 aliphatic carbocycles. The third-order valence-corrected chi connectivity index (χ3v) is 8.23. The van der Waals surface area contributed by atoms with Crippen molar-refractivity contribution in [3.63, 3.8) is 0 Å². The molecule has 2 aromatic heterocycles. The first-order chi connectivity index (χ1) is 29.7. The Morgan fingerprint density at radius 2 is 0.857 bits per heavy atom. The molecule has 0 amide bonds. The fraction of sp³-hybridized carbons (Fsp3) is 0. The number of para-hydroxylation sites is 3. The van der Waals surface area contributed by atoms with Gasteiger partial charge in [0.15, 0.2) is 17.5 Å². The molecule has 0 unspecified atom stereocenters. The number of hydrogen-bond donors (Lipinski definition) is 0. The number of benzene rings is 7. The zero-order valence-electron chi connectivity index (χ0n) is 38.6. The summed E-state index contributed by atoms with van der Waals surface area (Å²) in [6.07, 6.45) is 0. The number of nitrogens with zero attached hydrogens (tertiary/aromatic N) is 4. The van der Waals surface area contributed by atoms with Crippen LogP contribution in [0.5, 0.6) is 0 Å². The molecule has 9 aromatic rings. The largest absolute Gasteiger partial charge is 0.308 e. The van der Waals surface area contributed by atoms with Gasteiger partial charge in [-0.2, -0.15) is 0 Å². The summed E-state index contributed by atoms with van der Waals surface area (Å²) in [5.41, 5.74) is 3.25. The maximum absolute atomic E-state index is 9.31. The van der Waals surface area contributed by atoms with Crippen LogP contribution in [0.1, 0.15) is 17.8 Å². The topological polar surface area (TPSA) is 43.6 Å². The van der Waals surface area contributed by atoms with Crippen LogP contribution in [0.15, 0.2) is 182 Å². The lowest BCUT2D eigenvalue weighted by atomic mass is 9.96. The van der Waals surface area contributed by atoms with Gasteiger partial charge < -0.3 is 4.57 Å². The Morgan fingerprint density at radius 3 is 1.51 bits per heavy atom. The lowest BCUT2D eigenvalue weighted by Gasteiger charge is -2.19. The molecule has 9 rings (SSSR count). The zero-order valence-corrected chi connectivity index (χ0v) is 25.6. The summed E-state index contributed by atoms with van der Waals surface area (Å²) in [5, 5.41) is -0.253. The second-order valence-corrected chi connectivity index (χ2v) is 11.1. The van der Waals surface area contributed by atoms with Gasteiger partial charge in [-0.1, -0.05) is 164 Å². The van der Waals surface area contributed by atoms with E-state index in [4.69, 9.17) is 25.0 Å². The lowest BCUT2D eigenvalue weighted by molar-refractivity contribution is 1.06. The first-order valence-electron chi connectivity index (χ1n) is 21.9. The standard InChI is InChI=1S/C45H30N4/c1-4-15-31(16-5-1)32-27-29-33(30-28-32)36-23-14-24-39(42(36)49-40-25-12-10-21-37(40)38-22-11-13-26-41(38)49)45-47-43(34-17-6-2-7-18-34)46-44(48-45)35-19-8-3-9-20-35/h1-30H/i2D,6D,7D,10D,11D,12D,13D,17D,18D,21D,22D,25D,26D. The van der Waals surface area contributed by atoms with Gasteiger partial charge in [-0.05, 0) is 34.8 Å². The van der Waals surface area contributed by atoms with Crippen molar-refractivity contribution in [2.24, 2.45) is 0 Å². The molecule has 0 N–H and O–H groups in total. The van der Waals surface area contributed by atoms with E-state index in [0.717, 1.165) is 11.1 Å². The molecule has 230 valence electrons. The van der Waals surface area contributed by atoms with Crippen molar-refractivity contribution in [1.82, 2.24) is 19.5 Å². The van der Waals surface area contributed by atoms with Crippen molar-refractivity contribution in [3.05, 3.63) is 182 Å². The Hall–Kier alpha value is -6.65. The minimum Gasteiger partial charge on any atom is -0.308 e. The highest BCUT2D eigenvalue weighted by atomic mass is 15.1. The number of fused-ring (bicyclic) bond motifs is 3. The highest BCUT2D eigenvalue weighted by Crippen LogP contribution is 2.41. The quantitative estimate of drug-likeness (QED) is 0.182. The maximum atomic E-state index is 9.31. The van der Waals surface area contributed by atoms with Gasteiger partial charge in [-0.3, -0.25) is 0 Å². The van der Waals surface area contributed by atoms with Crippen molar-refractivity contribution >= 4 is 21.8 Å². The molecule has 0 bridgehead atoms. The van der Waals surface area contributed by atoms with Crippen LogP contribution < -0.4 is 0 Å². The third-order valence-electron chi connectivity index (χ3n) is 8.23. The van der Waals surface area contributed by atoms with Crippen LogP contribution in [0.3, 0.4) is 0 Å². The number of aromatic nitrogens is 4. The molecule has 7 aromatic carbocycles. The fourth-order valence-corrected chi connectivity index (χ4v) is 6.00. The Balaban J connectivity index is 1.47. The van der Waals surface area contributed by atoms with E-state index in [1.807, 2.05) is 54.6 Å². The van der Waals surface area contributed by atoms with Crippen molar-refractivity contribution in [2.45, 2.75) is 0 Å². The lowest BCUT2D eigenvalue weighted by Crippen LogP contribution is -2.05. The SMILES string of the molecule is [2H]c1c([2H])c([2H])c(-c2nc(-c3ccccc3)nc(-c3cccc(-c4ccc(-c5ccccc5)cc4)c3-n3c4c([2H])c([2H])c([2H])c([2H])c4c4c([2H])c([2H])c([2H])c([2H])c43)n2)c([2H])c1[2H]. The Labute approximate surface area is 302 Å². The first kappa shape index (κ1) is 18.0. The minimum atomic E-state index is -0.602. The van der Waals surface area contributed by atoms with Gasteiger partial charge in [0.25, 0.3) is 0 Å². The normalized spacial score (nSPS) is 15.0. The van der Waals surface area contributed by atoms with E-state index in [2.05, 4.69) is 4.98 Å². The van der Waals surface area contributed by atoms with Crippen molar-refractivity contribution in [2.75, 3.05) is 0 Å². The highest BCUT2D eigenvalue weighted by molar-refractivity contribution is 6.10. The van der Waals surface area contributed by atoms with E-state index in [1.54, 1.807) is 48.5 Å². The molecule has 49 heavy (non-hydrogen) atoms. The number of rotatable bonds is 6. The van der Waals surface area contributed by atoms with Crippen LogP contribution in [0.2, 0.25) is 0 Å². The summed E-state index contributed by atoms with van der Waals surface area (Å²) in [6, 6.07) is 23.9. The van der Waals surface area contributed by atoms with Gasteiger partial charge >= 0.3 is 0 Å². The van der Waals surface area contributed by atoms with Crippen LogP contribution in [0.4, 0.5) is 0 Å². The van der Waals surface area contributed by atoms with E-state index < -0.39 is 78.6 Å². The fourth-order valence-electron chi connectivity index (χ4n) is 6.00. The van der Waals surface area contributed by atoms with Crippen LogP contribution in [0.25, 0.3) is 83.9 Å². The summed E-state index contributed by atoms with van der Waals surface area (Å²) in [7, 11) is 0. The van der Waals surface area contributed by atoms with E-state index in [-0.39, 0.29) is 56.1 Å². The molecular weight excluding hydrogens is 597 g/mol. The molecule has 0 spiro atoms. The molecule has 0 atom stereocenters. The van der Waals surface area contributed by atoms with Crippen LogP contribution >= 0.6 is 0 Å². The van der Waals surface area contributed by atoms with Gasteiger partial charge in [0.05, 0.1) is 34.5 Å². The molecule has 0 radical (unpaired) electrons. The van der Waals surface area contributed by atoms with Crippen LogP contribution in [-0.4, -0.2) is 19.5 Å². The van der Waals surface area contributed by atoms with Crippen molar-refractivity contribution < 1.29 is 17.8 Å². The third kappa shape index (κ3) is 5.16. The Kier molecular flexibility index (Phi) is 4.48. The predicted octanol–water partition coefficient (Wildman–Crippen LogP) is 11.3. The summed E-state index contributed by atoms with van der Waals surface area (Å²) in [4.78, 5) is 14.3. The van der Waals surface area contributed by atoms with Gasteiger partial charge in [-0.25, -0.2) is 15.0 Å². The molecular formula is C45H30N4. The molecule has 0 fully saturated rings. The van der Waals surface area contributed by atoms with Gasteiger partial charge in [0.1, 0.15) is 0 Å². The van der Waals surface area contributed by atoms with E-state index in [9.17, 15) is 2.74 Å².